The van der Waals surface area contributed by atoms with Crippen molar-refractivity contribution in [2.24, 2.45) is 0 Å². The Kier molecular flexibility index (Phi) is 7.34. The zero-order valence-corrected chi connectivity index (χ0v) is 7.83. The lowest BCUT2D eigenvalue weighted by Crippen LogP contribution is -1.56. The maximum absolute atomic E-state index is 8.63. The Morgan fingerprint density at radius 2 is 1.50 bits per heavy atom. The van der Waals surface area contributed by atoms with Crippen molar-refractivity contribution in [1.82, 2.24) is 0 Å². The van der Waals surface area contributed by atoms with Crippen LogP contribution in [0.2, 0.25) is 0 Å². The second-order valence-corrected chi connectivity index (χ2v) is 3.56. The summed E-state index contributed by atoms with van der Waals surface area (Å²) in [7, 11) is 9.69. The Morgan fingerprint density at radius 3 is 1.70 bits per heavy atom. The Hall–Kier alpha value is 0.132. The van der Waals surface area contributed by atoms with Crippen molar-refractivity contribution in [1.29, 1.82) is 0 Å². The summed E-state index contributed by atoms with van der Waals surface area (Å²) in [6.45, 7) is 0. The molecule has 4 heteroatoms. The predicted molar refractivity (Wildman–Crippen MR) is 45.6 cm³/mol. The summed E-state index contributed by atoms with van der Waals surface area (Å²) in [5, 5.41) is 8.63. The molecule has 53 valence electrons. The normalized spacial score (nSPS) is 7.40. The fraction of sp³-hybridized carbons (Fsp3) is 0. The van der Waals surface area contributed by atoms with E-state index in [1.165, 1.54) is 0 Å². The minimum atomic E-state index is -0.306. The van der Waals surface area contributed by atoms with E-state index in [9.17, 15) is 0 Å². The number of aromatic hydroxyl groups is 1. The molecule has 0 atom stereocenters. The maximum Gasteiger partial charge on any atom is 0.495 e. The average molecular weight is 192 g/mol. The molecule has 1 aromatic rings. The van der Waals surface area contributed by atoms with E-state index in [1.54, 1.807) is 24.3 Å². The second kappa shape index (κ2) is 7.24. The van der Waals surface area contributed by atoms with Crippen molar-refractivity contribution in [3.05, 3.63) is 30.3 Å². The molecule has 1 radical (unpaired) electrons. The molecule has 0 spiro atoms. The van der Waals surface area contributed by atoms with Gasteiger partial charge in [0, 0.05) is 0 Å². The van der Waals surface area contributed by atoms with E-state index in [4.69, 9.17) is 25.2 Å². The lowest BCUT2D eigenvalue weighted by molar-refractivity contribution is 0.475. The monoisotopic (exact) mass is 191 g/mol. The number of hydrogen-bond acceptors (Lipinski definition) is 1. The van der Waals surface area contributed by atoms with Gasteiger partial charge in [-0.25, -0.2) is 20.1 Å². The summed E-state index contributed by atoms with van der Waals surface area (Å²) in [4.78, 5) is 0. The third-order valence-electron chi connectivity index (χ3n) is 0.756. The predicted octanol–water partition coefficient (Wildman–Crippen LogP) is 2.39. The van der Waals surface area contributed by atoms with Crippen molar-refractivity contribution in [3.63, 3.8) is 0 Å². The number of halogens is 2. The summed E-state index contributed by atoms with van der Waals surface area (Å²) in [5.74, 6) is 0.322. The molecule has 0 bridgehead atoms. The average Bonchev–Trinajstić information content (AvgIpc) is 1.91. The molecule has 10 heavy (non-hydrogen) atoms. The smallest absolute Gasteiger partial charge is 0.495 e. The third kappa shape index (κ3) is 6.26. The van der Waals surface area contributed by atoms with E-state index in [-0.39, 0.29) is 13.4 Å². The van der Waals surface area contributed by atoms with Crippen LogP contribution >= 0.6 is 20.1 Å². The first-order chi connectivity index (χ1) is 4.81. The van der Waals surface area contributed by atoms with Crippen LogP contribution in [0.3, 0.4) is 0 Å². The molecule has 1 aromatic carbocycles. The van der Waals surface area contributed by atoms with Crippen LogP contribution in [0.5, 0.6) is 5.75 Å². The topological polar surface area (TPSA) is 20.2 Å². The van der Waals surface area contributed by atoms with Crippen molar-refractivity contribution in [2.75, 3.05) is 0 Å². The molecule has 1 nitrogen and oxygen atoms in total. The summed E-state index contributed by atoms with van der Waals surface area (Å²) in [6, 6.07) is 8.71. The standard InChI is InChI=1S/C6H6O.Al.2ClH/c7-6-4-2-1-3-5-6;;;/h1-5,7H;;2*1H/q;+2;;/p-2. The van der Waals surface area contributed by atoms with Gasteiger partial charge in [0.15, 0.2) is 0 Å². The number of benzene rings is 1. The maximum atomic E-state index is 8.63. The van der Waals surface area contributed by atoms with Crippen LogP contribution in [0, 0.1) is 0 Å². The zero-order chi connectivity index (χ0) is 7.82. The quantitative estimate of drug-likeness (QED) is 0.625. The fourth-order valence-electron chi connectivity index (χ4n) is 0.428. The lowest BCUT2D eigenvalue weighted by Gasteiger charge is -1.82. The highest BCUT2D eigenvalue weighted by atomic mass is 35.7. The van der Waals surface area contributed by atoms with Crippen LogP contribution in [-0.4, -0.2) is 18.5 Å². The molecule has 0 fully saturated rings. The summed E-state index contributed by atoms with van der Waals surface area (Å²) in [6.07, 6.45) is 0. The van der Waals surface area contributed by atoms with Crippen LogP contribution < -0.4 is 0 Å². The first-order valence-corrected chi connectivity index (χ1v) is 6.06. The second-order valence-electron chi connectivity index (χ2n) is 1.42. The van der Waals surface area contributed by atoms with Crippen molar-refractivity contribution >= 4 is 33.5 Å². The van der Waals surface area contributed by atoms with Gasteiger partial charge in [-0.3, -0.25) is 0 Å². The molecular weight excluding hydrogens is 186 g/mol. The molecule has 0 saturated carbocycles. The van der Waals surface area contributed by atoms with Crippen molar-refractivity contribution < 1.29 is 5.11 Å². The van der Waals surface area contributed by atoms with Gasteiger partial charge < -0.3 is 5.11 Å². The van der Waals surface area contributed by atoms with Crippen molar-refractivity contribution in [3.8, 4) is 5.75 Å². The summed E-state index contributed by atoms with van der Waals surface area (Å²) >= 11 is -0.306. The van der Waals surface area contributed by atoms with Gasteiger partial charge in [0.25, 0.3) is 0 Å². The molecule has 1 rings (SSSR count). The fourth-order valence-corrected chi connectivity index (χ4v) is 0.428. The number of phenolic OH excluding ortho intramolecular Hbond substituents is 1. The molecule has 0 aliphatic heterocycles. The first-order valence-electron chi connectivity index (χ1n) is 2.57. The van der Waals surface area contributed by atoms with Gasteiger partial charge in [0.1, 0.15) is 5.75 Å². The zero-order valence-electron chi connectivity index (χ0n) is 5.17. The SMILES string of the molecule is Oc1ccccc1.[Cl][Al][Cl]. The van der Waals surface area contributed by atoms with Crippen LogP contribution in [0.1, 0.15) is 0 Å². The third-order valence-corrected chi connectivity index (χ3v) is 0.756. The van der Waals surface area contributed by atoms with Gasteiger partial charge in [-0.15, -0.1) is 0 Å². The number of hydrogen-bond donors (Lipinski definition) is 1. The van der Waals surface area contributed by atoms with Crippen LogP contribution in [-0.2, 0) is 0 Å². The van der Waals surface area contributed by atoms with Gasteiger partial charge >= 0.3 is 13.4 Å². The van der Waals surface area contributed by atoms with E-state index >= 15 is 0 Å². The van der Waals surface area contributed by atoms with E-state index < -0.39 is 0 Å². The Balaban J connectivity index is 0.000000236. The highest BCUT2D eigenvalue weighted by molar-refractivity contribution is 7.22. The molecule has 0 aliphatic carbocycles. The largest absolute Gasteiger partial charge is 0.508 e. The van der Waals surface area contributed by atoms with Gasteiger partial charge in [-0.1, -0.05) is 18.2 Å². The molecule has 0 saturated heterocycles. The number of rotatable bonds is 0. The van der Waals surface area contributed by atoms with Gasteiger partial charge in [-0.2, -0.15) is 0 Å². The van der Waals surface area contributed by atoms with E-state index in [0.29, 0.717) is 5.75 Å². The van der Waals surface area contributed by atoms with Crippen LogP contribution in [0.15, 0.2) is 30.3 Å². The Bertz CT molecular complexity index is 157. The first kappa shape index (κ1) is 10.1. The van der Waals surface area contributed by atoms with Crippen molar-refractivity contribution in [2.45, 2.75) is 0 Å². The Labute approximate surface area is 74.7 Å². The van der Waals surface area contributed by atoms with E-state index in [2.05, 4.69) is 0 Å². The minimum absolute atomic E-state index is 0.306. The highest BCUT2D eigenvalue weighted by Gasteiger charge is 1.74. The Morgan fingerprint density at radius 1 is 1.10 bits per heavy atom. The molecule has 0 aliphatic rings. The van der Waals surface area contributed by atoms with E-state index in [1.807, 2.05) is 6.07 Å². The highest BCUT2D eigenvalue weighted by Crippen LogP contribution is 2.02. The molecule has 0 heterocycles. The molecule has 1 N–H and O–H groups in total. The van der Waals surface area contributed by atoms with E-state index in [0.717, 1.165) is 0 Å². The number of phenols is 1. The minimum Gasteiger partial charge on any atom is -0.508 e. The molecular formula is C6H6AlCl2O. The van der Waals surface area contributed by atoms with Gasteiger partial charge in [-0.05, 0) is 12.1 Å². The summed E-state index contributed by atoms with van der Waals surface area (Å²) < 4.78 is 0. The van der Waals surface area contributed by atoms with Gasteiger partial charge in [0.2, 0.25) is 0 Å². The summed E-state index contributed by atoms with van der Waals surface area (Å²) in [5.41, 5.74) is 0. The van der Waals surface area contributed by atoms with Crippen LogP contribution in [0.25, 0.3) is 0 Å². The molecule has 0 amide bonds. The lowest BCUT2D eigenvalue weighted by atomic mass is 10.3. The van der Waals surface area contributed by atoms with Crippen LogP contribution in [0.4, 0.5) is 0 Å². The number of para-hydroxylation sites is 1. The molecule has 0 unspecified atom stereocenters. The van der Waals surface area contributed by atoms with Gasteiger partial charge in [0.05, 0.1) is 0 Å². The molecule has 0 aromatic heterocycles.